The van der Waals surface area contributed by atoms with E-state index in [1.165, 1.54) is 19.3 Å². The molecule has 2 aliphatic rings. The van der Waals surface area contributed by atoms with Crippen LogP contribution in [0, 0.1) is 23.7 Å². The molecule has 0 aromatic carbocycles. The first-order chi connectivity index (χ1) is 4.83. The van der Waals surface area contributed by atoms with E-state index in [-0.39, 0.29) is 0 Å². The fourth-order valence-corrected chi connectivity index (χ4v) is 2.81. The molecule has 0 nitrogen and oxygen atoms in total. The van der Waals surface area contributed by atoms with Crippen molar-refractivity contribution in [1.29, 1.82) is 0 Å². The van der Waals surface area contributed by atoms with E-state index in [1.54, 1.807) is 0 Å². The van der Waals surface area contributed by atoms with Gasteiger partial charge in [0.1, 0.15) is 0 Å². The Morgan fingerprint density at radius 3 is 2.70 bits per heavy atom. The lowest BCUT2D eigenvalue weighted by Crippen LogP contribution is -2.33. The first-order valence-electron chi connectivity index (χ1n) is 4.45. The molecule has 0 aliphatic heterocycles. The predicted molar refractivity (Wildman–Crippen MR) is 43.7 cm³/mol. The monoisotopic (exact) mass is 136 g/mol. The second-order valence-electron chi connectivity index (χ2n) is 4.02. The Morgan fingerprint density at radius 1 is 1.30 bits per heavy atom. The van der Waals surface area contributed by atoms with Gasteiger partial charge in [-0.15, -0.1) is 6.58 Å². The zero-order chi connectivity index (χ0) is 7.14. The molecule has 2 saturated carbocycles. The van der Waals surface area contributed by atoms with Crippen LogP contribution < -0.4 is 0 Å². The van der Waals surface area contributed by atoms with Crippen LogP contribution in [0.25, 0.3) is 0 Å². The fraction of sp³-hybridized carbons (Fsp3) is 0.800. The zero-order valence-corrected chi connectivity index (χ0v) is 6.72. The van der Waals surface area contributed by atoms with Crippen LogP contribution in [0.2, 0.25) is 0 Å². The van der Waals surface area contributed by atoms with Gasteiger partial charge in [0.05, 0.1) is 0 Å². The van der Waals surface area contributed by atoms with E-state index in [0.29, 0.717) is 0 Å². The van der Waals surface area contributed by atoms with Crippen molar-refractivity contribution in [3.05, 3.63) is 12.7 Å². The van der Waals surface area contributed by atoms with E-state index in [4.69, 9.17) is 0 Å². The van der Waals surface area contributed by atoms with Crippen LogP contribution in [0.1, 0.15) is 26.2 Å². The van der Waals surface area contributed by atoms with Crippen molar-refractivity contribution < 1.29 is 0 Å². The molecule has 2 rings (SSSR count). The molecule has 0 heteroatoms. The second kappa shape index (κ2) is 2.11. The largest absolute Gasteiger partial charge is 0.103 e. The van der Waals surface area contributed by atoms with E-state index in [0.717, 1.165) is 23.7 Å². The highest BCUT2D eigenvalue weighted by Crippen LogP contribution is 2.54. The Balaban J connectivity index is 2.01. The summed E-state index contributed by atoms with van der Waals surface area (Å²) in [6.07, 6.45) is 6.55. The van der Waals surface area contributed by atoms with Gasteiger partial charge in [0.2, 0.25) is 0 Å². The Hall–Kier alpha value is -0.260. The number of fused-ring (bicyclic) bond motifs is 1. The molecule has 0 aromatic heterocycles. The standard InChI is InChI=1S/C10H16/c1-3-8-6-10-7(2)4-5-9(8)10/h3,7-10H,1,4-6H2,2H3. The molecule has 0 bridgehead atoms. The minimum absolute atomic E-state index is 0.884. The lowest BCUT2D eigenvalue weighted by atomic mass is 9.65. The Bertz CT molecular complexity index is 148. The van der Waals surface area contributed by atoms with Gasteiger partial charge in [-0.25, -0.2) is 0 Å². The number of allylic oxidation sites excluding steroid dienone is 1. The highest BCUT2D eigenvalue weighted by atomic mass is 14.5. The average molecular weight is 136 g/mol. The molecule has 0 radical (unpaired) electrons. The molecule has 0 heterocycles. The molecule has 4 unspecified atom stereocenters. The molecule has 2 fully saturated rings. The summed E-state index contributed by atoms with van der Waals surface area (Å²) in [6.45, 7) is 6.27. The van der Waals surface area contributed by atoms with Crippen LogP contribution in [0.15, 0.2) is 12.7 Å². The van der Waals surface area contributed by atoms with Gasteiger partial charge in [0.25, 0.3) is 0 Å². The topological polar surface area (TPSA) is 0 Å². The third kappa shape index (κ3) is 0.680. The smallest absolute Gasteiger partial charge is 0.0202 e. The lowest BCUT2D eigenvalue weighted by molar-refractivity contribution is 0.116. The summed E-state index contributed by atoms with van der Waals surface area (Å²) in [6, 6.07) is 0. The first kappa shape index (κ1) is 6.45. The highest BCUT2D eigenvalue weighted by Gasteiger charge is 2.45. The van der Waals surface area contributed by atoms with Gasteiger partial charge in [-0.2, -0.15) is 0 Å². The van der Waals surface area contributed by atoms with Crippen LogP contribution in [-0.2, 0) is 0 Å². The van der Waals surface area contributed by atoms with Crippen molar-refractivity contribution in [2.45, 2.75) is 26.2 Å². The van der Waals surface area contributed by atoms with Crippen LogP contribution in [0.4, 0.5) is 0 Å². The van der Waals surface area contributed by atoms with Gasteiger partial charge in [-0.1, -0.05) is 19.4 Å². The molecule has 56 valence electrons. The molecule has 10 heavy (non-hydrogen) atoms. The van der Waals surface area contributed by atoms with Crippen molar-refractivity contribution in [3.8, 4) is 0 Å². The predicted octanol–water partition coefficient (Wildman–Crippen LogP) is 2.85. The summed E-state index contributed by atoms with van der Waals surface area (Å²) < 4.78 is 0. The van der Waals surface area contributed by atoms with Gasteiger partial charge in [0, 0.05) is 0 Å². The molecule has 0 saturated heterocycles. The number of hydrogen-bond donors (Lipinski definition) is 0. The van der Waals surface area contributed by atoms with E-state index in [2.05, 4.69) is 19.6 Å². The van der Waals surface area contributed by atoms with E-state index in [9.17, 15) is 0 Å². The summed E-state index contributed by atoms with van der Waals surface area (Å²) in [4.78, 5) is 0. The molecular weight excluding hydrogens is 120 g/mol. The Labute approximate surface area is 63.3 Å². The molecule has 2 aliphatic carbocycles. The lowest BCUT2D eigenvalue weighted by Gasteiger charge is -2.40. The normalized spacial score (nSPS) is 51.7. The zero-order valence-electron chi connectivity index (χ0n) is 6.72. The van der Waals surface area contributed by atoms with Crippen LogP contribution >= 0.6 is 0 Å². The van der Waals surface area contributed by atoms with Crippen LogP contribution in [0.3, 0.4) is 0 Å². The number of hydrogen-bond acceptors (Lipinski definition) is 0. The number of rotatable bonds is 1. The molecule has 4 atom stereocenters. The van der Waals surface area contributed by atoms with Crippen molar-refractivity contribution in [2.24, 2.45) is 23.7 Å². The minimum atomic E-state index is 0.884. The van der Waals surface area contributed by atoms with E-state index >= 15 is 0 Å². The van der Waals surface area contributed by atoms with Crippen molar-refractivity contribution in [1.82, 2.24) is 0 Å². The van der Waals surface area contributed by atoms with Crippen molar-refractivity contribution >= 4 is 0 Å². The van der Waals surface area contributed by atoms with E-state index in [1.807, 2.05) is 0 Å². The van der Waals surface area contributed by atoms with Crippen LogP contribution in [-0.4, -0.2) is 0 Å². The van der Waals surface area contributed by atoms with Gasteiger partial charge in [-0.05, 0) is 36.5 Å². The van der Waals surface area contributed by atoms with Gasteiger partial charge in [0.15, 0.2) is 0 Å². The summed E-state index contributed by atoms with van der Waals surface area (Å²) in [5.41, 5.74) is 0. The Kier molecular flexibility index (Phi) is 1.36. The maximum absolute atomic E-state index is 3.87. The Morgan fingerprint density at radius 2 is 2.10 bits per heavy atom. The van der Waals surface area contributed by atoms with Gasteiger partial charge in [-0.3, -0.25) is 0 Å². The maximum Gasteiger partial charge on any atom is -0.0202 e. The molecule has 0 spiro atoms. The SMILES string of the molecule is C=CC1CC2C(C)CCC12. The summed E-state index contributed by atoms with van der Waals surface area (Å²) in [7, 11) is 0. The highest BCUT2D eigenvalue weighted by molar-refractivity contribution is 5.02. The van der Waals surface area contributed by atoms with Crippen molar-refractivity contribution in [2.75, 3.05) is 0 Å². The first-order valence-corrected chi connectivity index (χ1v) is 4.45. The molecule has 0 aromatic rings. The second-order valence-corrected chi connectivity index (χ2v) is 4.02. The van der Waals surface area contributed by atoms with E-state index < -0.39 is 0 Å². The maximum atomic E-state index is 3.87. The molecular formula is C10H16. The summed E-state index contributed by atoms with van der Waals surface area (Å²) >= 11 is 0. The molecule has 0 amide bonds. The summed E-state index contributed by atoms with van der Waals surface area (Å²) in [5.74, 6) is 4.01. The van der Waals surface area contributed by atoms with Gasteiger partial charge < -0.3 is 0 Å². The minimum Gasteiger partial charge on any atom is -0.103 e. The van der Waals surface area contributed by atoms with Crippen LogP contribution in [0.5, 0.6) is 0 Å². The third-order valence-corrected chi connectivity index (χ3v) is 3.63. The van der Waals surface area contributed by atoms with Gasteiger partial charge >= 0.3 is 0 Å². The molecule has 0 N–H and O–H groups in total. The fourth-order valence-electron chi connectivity index (χ4n) is 2.81. The third-order valence-electron chi connectivity index (χ3n) is 3.63. The van der Waals surface area contributed by atoms with Crippen molar-refractivity contribution in [3.63, 3.8) is 0 Å². The quantitative estimate of drug-likeness (QED) is 0.486. The summed E-state index contributed by atoms with van der Waals surface area (Å²) in [5, 5.41) is 0. The average Bonchev–Trinajstić information content (AvgIpc) is 2.10.